The Morgan fingerprint density at radius 1 is 0.966 bits per heavy atom. The molecule has 0 unspecified atom stereocenters. The van der Waals surface area contributed by atoms with E-state index in [1.807, 2.05) is 30.5 Å². The van der Waals surface area contributed by atoms with E-state index in [9.17, 15) is 9.18 Å². The molecule has 0 aliphatic carbocycles. The Bertz CT molecular complexity index is 950. The highest BCUT2D eigenvalue weighted by Crippen LogP contribution is 2.22. The SMILES string of the molecule is CCCCCc1ccc(C(=O)Oc2ccc(-c3ccc(CC)cn3)cc2)c(F)c1. The van der Waals surface area contributed by atoms with Gasteiger partial charge in [-0.25, -0.2) is 9.18 Å². The topological polar surface area (TPSA) is 39.2 Å². The number of nitrogens with zero attached hydrogens (tertiary/aromatic N) is 1. The van der Waals surface area contributed by atoms with E-state index < -0.39 is 11.8 Å². The number of ether oxygens (including phenoxy) is 1. The highest BCUT2D eigenvalue weighted by molar-refractivity contribution is 5.91. The molecule has 1 aromatic heterocycles. The summed E-state index contributed by atoms with van der Waals surface area (Å²) in [7, 11) is 0. The molecule has 3 nitrogen and oxygen atoms in total. The van der Waals surface area contributed by atoms with Gasteiger partial charge in [0.15, 0.2) is 0 Å². The minimum atomic E-state index is -0.694. The van der Waals surface area contributed by atoms with Gasteiger partial charge < -0.3 is 4.74 Å². The standard InChI is InChI=1S/C25H26FNO2/c1-3-5-6-7-19-8-14-22(23(26)16-19)25(28)29-21-12-10-20(11-13-21)24-15-9-18(4-2)17-27-24/h8-17H,3-7H2,1-2H3. The molecule has 0 bridgehead atoms. The maximum atomic E-state index is 14.4. The fourth-order valence-electron chi connectivity index (χ4n) is 3.12. The summed E-state index contributed by atoms with van der Waals surface area (Å²) in [5.74, 6) is -0.864. The van der Waals surface area contributed by atoms with Crippen molar-refractivity contribution in [3.05, 3.63) is 83.3 Å². The number of esters is 1. The zero-order chi connectivity index (χ0) is 20.6. The van der Waals surface area contributed by atoms with Gasteiger partial charge in [-0.05, 0) is 72.9 Å². The quantitative estimate of drug-likeness (QED) is 0.253. The van der Waals surface area contributed by atoms with Crippen LogP contribution >= 0.6 is 0 Å². The molecule has 0 N–H and O–H groups in total. The smallest absolute Gasteiger partial charge is 0.346 e. The second kappa shape index (κ2) is 9.97. The average Bonchev–Trinajstić information content (AvgIpc) is 2.74. The van der Waals surface area contributed by atoms with Gasteiger partial charge in [0.2, 0.25) is 0 Å². The Morgan fingerprint density at radius 3 is 2.34 bits per heavy atom. The maximum absolute atomic E-state index is 14.4. The van der Waals surface area contributed by atoms with Crippen LogP contribution in [0.4, 0.5) is 4.39 Å². The van der Waals surface area contributed by atoms with Crippen molar-refractivity contribution in [3.63, 3.8) is 0 Å². The minimum absolute atomic E-state index is 0.0508. The van der Waals surface area contributed by atoms with Crippen LogP contribution in [0.2, 0.25) is 0 Å². The van der Waals surface area contributed by atoms with Gasteiger partial charge >= 0.3 is 5.97 Å². The summed E-state index contributed by atoms with van der Waals surface area (Å²) in [6, 6.07) is 15.8. The van der Waals surface area contributed by atoms with Crippen molar-refractivity contribution >= 4 is 5.97 Å². The first-order valence-electron chi connectivity index (χ1n) is 10.2. The van der Waals surface area contributed by atoms with Gasteiger partial charge in [-0.3, -0.25) is 4.98 Å². The molecule has 0 aliphatic heterocycles. The third-order valence-corrected chi connectivity index (χ3v) is 4.92. The number of unbranched alkanes of at least 4 members (excludes halogenated alkanes) is 2. The van der Waals surface area contributed by atoms with E-state index in [0.29, 0.717) is 5.75 Å². The molecule has 0 saturated heterocycles. The number of rotatable bonds is 8. The fourth-order valence-corrected chi connectivity index (χ4v) is 3.12. The number of pyridine rings is 1. The molecule has 29 heavy (non-hydrogen) atoms. The summed E-state index contributed by atoms with van der Waals surface area (Å²) < 4.78 is 19.7. The third-order valence-electron chi connectivity index (χ3n) is 4.92. The van der Waals surface area contributed by atoms with Gasteiger partial charge in [0.1, 0.15) is 11.6 Å². The second-order valence-corrected chi connectivity index (χ2v) is 7.09. The van der Waals surface area contributed by atoms with Crippen molar-refractivity contribution in [1.29, 1.82) is 0 Å². The third kappa shape index (κ3) is 5.50. The van der Waals surface area contributed by atoms with E-state index in [-0.39, 0.29) is 5.56 Å². The van der Waals surface area contributed by atoms with E-state index >= 15 is 0 Å². The first-order chi connectivity index (χ1) is 14.1. The first kappa shape index (κ1) is 20.7. The predicted molar refractivity (Wildman–Crippen MR) is 114 cm³/mol. The number of aromatic nitrogens is 1. The van der Waals surface area contributed by atoms with E-state index in [4.69, 9.17) is 4.74 Å². The molecule has 0 aliphatic rings. The summed E-state index contributed by atoms with van der Waals surface area (Å²) in [6.45, 7) is 4.22. The lowest BCUT2D eigenvalue weighted by molar-refractivity contribution is 0.0730. The van der Waals surface area contributed by atoms with E-state index in [0.717, 1.165) is 48.9 Å². The highest BCUT2D eigenvalue weighted by Gasteiger charge is 2.15. The minimum Gasteiger partial charge on any atom is -0.423 e. The Labute approximate surface area is 171 Å². The van der Waals surface area contributed by atoms with E-state index in [1.54, 1.807) is 18.2 Å². The van der Waals surface area contributed by atoms with Crippen LogP contribution < -0.4 is 4.74 Å². The molecule has 3 rings (SSSR count). The summed E-state index contributed by atoms with van der Waals surface area (Å²) in [5, 5.41) is 0. The Balaban J connectivity index is 1.65. The zero-order valence-corrected chi connectivity index (χ0v) is 17.0. The predicted octanol–water partition coefficient (Wildman–Crippen LogP) is 6.40. The molecule has 4 heteroatoms. The Kier molecular flexibility index (Phi) is 7.12. The van der Waals surface area contributed by atoms with Crippen molar-refractivity contribution in [1.82, 2.24) is 4.98 Å². The number of carbonyl (C=O) groups is 1. The van der Waals surface area contributed by atoms with Crippen molar-refractivity contribution in [3.8, 4) is 17.0 Å². The first-order valence-corrected chi connectivity index (χ1v) is 10.2. The summed E-state index contributed by atoms with van der Waals surface area (Å²) >= 11 is 0. The van der Waals surface area contributed by atoms with Gasteiger partial charge in [-0.2, -0.15) is 0 Å². The van der Waals surface area contributed by atoms with Crippen LogP contribution in [0.15, 0.2) is 60.8 Å². The summed E-state index contributed by atoms with van der Waals surface area (Å²) in [6.07, 6.45) is 6.86. The Morgan fingerprint density at radius 2 is 1.72 bits per heavy atom. The molecule has 0 fully saturated rings. The molecule has 150 valence electrons. The van der Waals surface area contributed by atoms with E-state index in [1.165, 1.54) is 17.7 Å². The van der Waals surface area contributed by atoms with Crippen LogP contribution in [0.3, 0.4) is 0 Å². The van der Waals surface area contributed by atoms with Gasteiger partial charge in [0, 0.05) is 11.8 Å². The number of carbonyl (C=O) groups excluding carboxylic acids is 1. The van der Waals surface area contributed by atoms with Crippen LogP contribution in [0.1, 0.15) is 54.6 Å². The lowest BCUT2D eigenvalue weighted by Crippen LogP contribution is -2.11. The zero-order valence-electron chi connectivity index (χ0n) is 17.0. The molecule has 0 saturated carbocycles. The van der Waals surface area contributed by atoms with Crippen molar-refractivity contribution in [2.24, 2.45) is 0 Å². The maximum Gasteiger partial charge on any atom is 0.346 e. The van der Waals surface area contributed by atoms with Gasteiger partial charge in [0.05, 0.1) is 11.3 Å². The normalized spacial score (nSPS) is 10.7. The highest BCUT2D eigenvalue weighted by atomic mass is 19.1. The molecule has 1 heterocycles. The van der Waals surface area contributed by atoms with Crippen molar-refractivity contribution < 1.29 is 13.9 Å². The molecule has 0 radical (unpaired) electrons. The van der Waals surface area contributed by atoms with Gasteiger partial charge in [-0.1, -0.05) is 38.8 Å². The van der Waals surface area contributed by atoms with Crippen LogP contribution in [0, 0.1) is 5.82 Å². The molecule has 0 spiro atoms. The van der Waals surface area contributed by atoms with E-state index in [2.05, 4.69) is 18.8 Å². The van der Waals surface area contributed by atoms with Crippen LogP contribution in [-0.2, 0) is 12.8 Å². The monoisotopic (exact) mass is 391 g/mol. The molecule has 0 atom stereocenters. The largest absolute Gasteiger partial charge is 0.423 e. The number of aryl methyl sites for hydroxylation is 2. The molecule has 2 aromatic carbocycles. The van der Waals surface area contributed by atoms with Gasteiger partial charge in [-0.15, -0.1) is 0 Å². The van der Waals surface area contributed by atoms with Crippen LogP contribution in [0.25, 0.3) is 11.3 Å². The number of halogens is 1. The Hall–Kier alpha value is -3.01. The van der Waals surface area contributed by atoms with Crippen LogP contribution in [0.5, 0.6) is 5.75 Å². The van der Waals surface area contributed by atoms with Crippen LogP contribution in [-0.4, -0.2) is 11.0 Å². The molecule has 3 aromatic rings. The summed E-state index contributed by atoms with van der Waals surface area (Å²) in [4.78, 5) is 16.8. The average molecular weight is 391 g/mol. The molecular formula is C25H26FNO2. The number of hydrogen-bond acceptors (Lipinski definition) is 3. The van der Waals surface area contributed by atoms with Crippen molar-refractivity contribution in [2.45, 2.75) is 46.0 Å². The number of hydrogen-bond donors (Lipinski definition) is 0. The fraction of sp³-hybridized carbons (Fsp3) is 0.280. The molecular weight excluding hydrogens is 365 g/mol. The lowest BCUT2D eigenvalue weighted by atomic mass is 10.0. The van der Waals surface area contributed by atoms with Gasteiger partial charge in [0.25, 0.3) is 0 Å². The van der Waals surface area contributed by atoms with Crippen molar-refractivity contribution in [2.75, 3.05) is 0 Å². The molecule has 0 amide bonds. The lowest BCUT2D eigenvalue weighted by Gasteiger charge is -2.08. The second-order valence-electron chi connectivity index (χ2n) is 7.09. The summed E-state index contributed by atoms with van der Waals surface area (Å²) in [5.41, 5.74) is 3.81. The number of benzene rings is 2.